The Morgan fingerprint density at radius 3 is 0.873 bits per heavy atom. The summed E-state index contributed by atoms with van der Waals surface area (Å²) in [5.41, 5.74) is 13.8. The van der Waals surface area contributed by atoms with Gasteiger partial charge in [0.15, 0.2) is 22.6 Å². The van der Waals surface area contributed by atoms with E-state index in [4.69, 9.17) is 30.0 Å². The van der Waals surface area contributed by atoms with E-state index in [1.54, 1.807) is 0 Å². The maximum atomic E-state index is 6.20. The van der Waals surface area contributed by atoms with Crippen LogP contribution in [0.4, 0.5) is 23.3 Å². The third-order valence-electron chi connectivity index (χ3n) is 35.2. The average Bonchev–Trinajstić information content (AvgIpc) is 1.47. The van der Waals surface area contributed by atoms with Crippen molar-refractivity contribution in [3.8, 4) is 0 Å². The molecule has 0 saturated heterocycles. The standard InChI is InChI=1S/C74H39N6.C56H29N6/c1-74-78-68-62-50-32-26-38-14-2-8-20-44(38)56(50)57-45-21-9-3-15-39(45)27-33-51(57)63(62)69(78)76-71-66-54-36-30-42-18-6-12-24-48(42)60(54)61-49-25-13-7-19-43(49)31-37-55(61)67(66)73(80(71)74)77-72-65-53-35-29-41-17-5-11-23-47(41)59(53)58-46-22-10-4-16-40(46)28-34-52(58)64(65)70(75-68)79(72)74;1-56-60-50-44-32-14-2-8-26-20-21-27-9-3-15-33(39(27)38(26)32)45(44)51(60)58-53-48-36-18-6-12-30-24-25-31-13-7-19-37(43(31)42(30)36)49(48)55(62(53)56)59-54-47-35-17-5-11-29-23-22-28-10-4-16-34(40(28)41(29)35)46(47)52(57-50)61(54)56/h2-37H,1H3;2-25,38-39H,1H3/q2*+1. The number of fused-ring (bicyclic) bond motifs is 50. The molecule has 0 spiro atoms. The van der Waals surface area contributed by atoms with Crippen molar-refractivity contribution in [2.45, 2.75) is 25.4 Å². The van der Waals surface area contributed by atoms with Crippen LogP contribution in [0.5, 0.6) is 0 Å². The Labute approximate surface area is 803 Å². The van der Waals surface area contributed by atoms with Crippen molar-refractivity contribution in [1.29, 1.82) is 0 Å². The number of aliphatic imine (C=N–C) groups is 2. The summed E-state index contributed by atoms with van der Waals surface area (Å²) in [6.07, 6.45) is 18.5. The number of benzene rings is 23. The Balaban J connectivity index is 0.000000119. The lowest BCUT2D eigenvalue weighted by molar-refractivity contribution is -0.551. The second-order valence-corrected chi connectivity index (χ2v) is 41.3. The molecule has 39 rings (SSSR count). The van der Waals surface area contributed by atoms with E-state index in [1.165, 1.54) is 238 Å². The van der Waals surface area contributed by atoms with Gasteiger partial charge in [-0.1, -0.05) is 384 Å². The topological polar surface area (TPSA) is 99.9 Å². The fourth-order valence-corrected chi connectivity index (χ4v) is 29.9. The maximum Gasteiger partial charge on any atom is 0.277 e. The van der Waals surface area contributed by atoms with Gasteiger partial charge >= 0.3 is 0 Å². The minimum atomic E-state index is -0.965. The maximum absolute atomic E-state index is 6.20. The van der Waals surface area contributed by atoms with E-state index >= 15 is 0 Å². The van der Waals surface area contributed by atoms with Crippen LogP contribution in [0, 0.1) is 11.8 Å². The van der Waals surface area contributed by atoms with E-state index in [0.29, 0.717) is 0 Å². The van der Waals surface area contributed by atoms with Gasteiger partial charge in [0.25, 0.3) is 34.9 Å². The molecule has 8 aliphatic heterocycles. The minimum absolute atomic E-state index is 0.210. The van der Waals surface area contributed by atoms with Gasteiger partial charge in [-0.25, -0.2) is 28.3 Å². The number of nitrogens with zero attached hydrogens (tertiary/aromatic N) is 12. The normalized spacial score (nSPS) is 19.2. The van der Waals surface area contributed by atoms with Gasteiger partial charge in [0.05, 0.1) is 43.8 Å². The van der Waals surface area contributed by atoms with Gasteiger partial charge in [0.1, 0.15) is 0 Å². The van der Waals surface area contributed by atoms with E-state index in [0.717, 1.165) is 112 Å². The lowest BCUT2D eigenvalue weighted by Gasteiger charge is -2.41. The van der Waals surface area contributed by atoms with Crippen LogP contribution in [0.1, 0.15) is 25.0 Å². The summed E-state index contributed by atoms with van der Waals surface area (Å²) in [6.45, 7) is 4.84. The van der Waals surface area contributed by atoms with Crippen LogP contribution in [0.2, 0.25) is 0 Å². The van der Waals surface area contributed by atoms with Crippen molar-refractivity contribution < 1.29 is 9.15 Å². The Morgan fingerprint density at radius 2 is 0.486 bits per heavy atom. The van der Waals surface area contributed by atoms with Gasteiger partial charge in [-0.15, -0.1) is 0 Å². The second-order valence-electron chi connectivity index (χ2n) is 41.3. The molecule has 12 heteroatoms. The highest BCUT2D eigenvalue weighted by molar-refractivity contribution is 6.45. The largest absolute Gasteiger partial charge is 0.277 e. The van der Waals surface area contributed by atoms with Crippen LogP contribution >= 0.6 is 0 Å². The molecule has 4 aliphatic carbocycles. The van der Waals surface area contributed by atoms with E-state index in [2.05, 4.69) is 405 Å². The first-order valence-electron chi connectivity index (χ1n) is 49.6. The molecule has 12 aliphatic rings. The third kappa shape index (κ3) is 7.77. The Kier molecular flexibility index (Phi) is 12.1. The number of allylic oxidation sites excluding steroid dienone is 10. The number of rotatable bonds is 0. The third-order valence-corrected chi connectivity index (χ3v) is 35.2. The van der Waals surface area contributed by atoms with Crippen molar-refractivity contribution in [2.75, 3.05) is 0 Å². The number of hydrogen-bond donors (Lipinski definition) is 0. The first-order chi connectivity index (χ1) is 70.3. The molecular formula is C130H68N12+2. The van der Waals surface area contributed by atoms with E-state index < -0.39 is 11.6 Å². The van der Waals surface area contributed by atoms with Crippen LogP contribution in [0.3, 0.4) is 0 Å². The molecule has 27 aromatic rings. The lowest BCUT2D eigenvalue weighted by Crippen LogP contribution is -2.62. The number of hydrogen-bond acceptors (Lipinski definition) is 6. The minimum Gasteiger partial charge on any atom is -0.240 e. The summed E-state index contributed by atoms with van der Waals surface area (Å²) < 4.78 is 15.0. The van der Waals surface area contributed by atoms with Gasteiger partial charge in [-0.2, -0.15) is 9.15 Å². The molecule has 0 N–H and O–H groups in total. The van der Waals surface area contributed by atoms with Crippen molar-refractivity contribution in [3.63, 3.8) is 0 Å². The summed E-state index contributed by atoms with van der Waals surface area (Å²) in [5, 5.41) is 53.3. The molecule has 23 aromatic carbocycles. The average molecular weight is 1800 g/mol. The summed E-state index contributed by atoms with van der Waals surface area (Å²) in [5.74, 6) is 6.14. The Morgan fingerprint density at radius 1 is 0.211 bits per heavy atom. The van der Waals surface area contributed by atoms with Crippen LogP contribution in [0.15, 0.2) is 427 Å². The highest BCUT2D eigenvalue weighted by Gasteiger charge is 2.63. The van der Waals surface area contributed by atoms with Crippen LogP contribution in [-0.4, -0.2) is 50.8 Å². The molecule has 12 heterocycles. The van der Waals surface area contributed by atoms with Gasteiger partial charge in [0, 0.05) is 47.2 Å². The number of amidine groups is 4. The molecule has 0 amide bonds. The molecule has 142 heavy (non-hydrogen) atoms. The molecular weight excluding hydrogens is 1730 g/mol. The molecule has 4 unspecified atom stereocenters. The van der Waals surface area contributed by atoms with Crippen molar-refractivity contribution >= 4 is 284 Å². The smallest absolute Gasteiger partial charge is 0.240 e. The zero-order valence-electron chi connectivity index (χ0n) is 76.2. The summed E-state index contributed by atoms with van der Waals surface area (Å²) in [6, 6.07) is 118. The van der Waals surface area contributed by atoms with E-state index in [-0.39, 0.29) is 11.8 Å². The zero-order chi connectivity index (χ0) is 91.2. The first kappa shape index (κ1) is 71.9. The predicted octanol–water partition coefficient (Wildman–Crippen LogP) is 28.7. The molecule has 0 bridgehead atoms. The van der Waals surface area contributed by atoms with Crippen molar-refractivity contribution in [2.24, 2.45) is 41.8 Å². The molecule has 0 radical (unpaired) electrons. The van der Waals surface area contributed by atoms with Gasteiger partial charge in [-0.05, 0) is 216 Å². The van der Waals surface area contributed by atoms with Crippen LogP contribution < -0.4 is 22.0 Å². The molecule has 12 nitrogen and oxygen atoms in total. The predicted molar refractivity (Wildman–Crippen MR) is 581 cm³/mol. The Bertz CT molecular complexity index is 12100. The van der Waals surface area contributed by atoms with Crippen molar-refractivity contribution in [3.05, 3.63) is 431 Å². The van der Waals surface area contributed by atoms with Gasteiger partial charge < -0.3 is 0 Å². The summed E-state index contributed by atoms with van der Waals surface area (Å²) in [4.78, 5) is 36.6. The first-order valence-corrected chi connectivity index (χ1v) is 49.6. The quantitative estimate of drug-likeness (QED) is 0.107. The molecule has 0 fully saturated rings. The lowest BCUT2D eigenvalue weighted by atomic mass is 9.60. The summed E-state index contributed by atoms with van der Waals surface area (Å²) >= 11 is 0. The highest BCUT2D eigenvalue weighted by Crippen LogP contribution is 2.63. The monoisotopic (exact) mass is 1800 g/mol. The van der Waals surface area contributed by atoms with E-state index in [9.17, 15) is 0 Å². The second kappa shape index (κ2) is 23.8. The SMILES string of the molecule is CC12n3c4c5c6ccc7ccccc7c6c6c7ccccc7ccc6c5c3N=c3c5c6ccc7ccccc7c6c6c7ccccc7ccc6c5c(n31)=NC1=[N+]2C(=N4)c2c1c1ccc3ccccc3c1c1c2ccc2ccccc21.CC12n3c4c5c6cccc7ccc8cccc(c5c3N=c3c5c9cccc%10ccc%11cccc(c5c(n31)=NC1=[N+]2C(=N4)C2=C1C1=CC=CC3=CC=C4C=CC=C2C4C31)c%11c%109)c8c76. The molecule has 4 atom stereocenters. The van der Waals surface area contributed by atoms with Gasteiger partial charge in [0.2, 0.25) is 22.6 Å². The van der Waals surface area contributed by atoms with Crippen LogP contribution in [-0.2, 0) is 11.6 Å². The Hall–Kier alpha value is -18.5. The molecule has 4 aromatic heterocycles. The number of aromatic nitrogens is 4. The van der Waals surface area contributed by atoms with E-state index in [1.807, 2.05) is 0 Å². The zero-order valence-corrected chi connectivity index (χ0v) is 76.2. The van der Waals surface area contributed by atoms with Crippen molar-refractivity contribution in [1.82, 2.24) is 18.3 Å². The molecule has 646 valence electrons. The van der Waals surface area contributed by atoms with Gasteiger partial charge in [-0.3, -0.25) is 0 Å². The molecule has 0 saturated carbocycles. The summed E-state index contributed by atoms with van der Waals surface area (Å²) in [7, 11) is 0. The fourth-order valence-electron chi connectivity index (χ4n) is 29.9. The highest BCUT2D eigenvalue weighted by atomic mass is 15.6. The fraction of sp³-hybridized carbons (Fsp3) is 0.0462. The van der Waals surface area contributed by atoms with Crippen LogP contribution in [0.25, 0.3) is 237 Å².